The van der Waals surface area contributed by atoms with Gasteiger partial charge in [0.05, 0.1) is 6.54 Å². The molecule has 0 radical (unpaired) electrons. The molecule has 1 atom stereocenters. The van der Waals surface area contributed by atoms with Gasteiger partial charge in [0.15, 0.2) is 0 Å². The van der Waals surface area contributed by atoms with Gasteiger partial charge in [-0.1, -0.05) is 0 Å². The highest BCUT2D eigenvalue weighted by molar-refractivity contribution is 5.67. The molecule has 1 N–H and O–H groups in total. The first kappa shape index (κ1) is 6.35. The van der Waals surface area contributed by atoms with Crippen molar-refractivity contribution in [3.63, 3.8) is 0 Å². The molecule has 0 aliphatic carbocycles. The fourth-order valence-corrected chi connectivity index (χ4v) is 0.627. The van der Waals surface area contributed by atoms with Crippen LogP contribution in [0.25, 0.3) is 0 Å². The van der Waals surface area contributed by atoms with E-state index in [0.29, 0.717) is 13.2 Å². The van der Waals surface area contributed by atoms with Crippen LogP contribution in [-0.4, -0.2) is 32.5 Å². The third kappa shape index (κ3) is 1.57. The molecule has 0 aromatic rings. The monoisotopic (exact) mass is 131 g/mol. The Bertz CT molecular complexity index is 105. The molecule has 1 aliphatic rings. The zero-order valence-electron chi connectivity index (χ0n) is 5.22. The summed E-state index contributed by atoms with van der Waals surface area (Å²) in [5.41, 5.74) is 0. The lowest BCUT2D eigenvalue weighted by Gasteiger charge is -2.20. The number of hydrogen-bond donors (Lipinski definition) is 1. The van der Waals surface area contributed by atoms with Gasteiger partial charge in [-0.25, -0.2) is 4.79 Å². The van der Waals surface area contributed by atoms with Crippen LogP contribution in [0.3, 0.4) is 0 Å². The minimum Gasteiger partial charge on any atom is -0.447 e. The fraction of sp³-hybridized carbons (Fsp3) is 0.800. The maximum atomic E-state index is 10.3. The highest BCUT2D eigenvalue weighted by atomic mass is 16.6. The van der Waals surface area contributed by atoms with Crippen molar-refractivity contribution < 1.29 is 14.3 Å². The van der Waals surface area contributed by atoms with Crippen LogP contribution < -0.4 is 5.32 Å². The Morgan fingerprint density at radius 1 is 1.89 bits per heavy atom. The number of methoxy groups -OCH3 is 1. The first-order chi connectivity index (χ1) is 4.33. The van der Waals surface area contributed by atoms with Gasteiger partial charge < -0.3 is 14.8 Å². The molecule has 4 nitrogen and oxygen atoms in total. The van der Waals surface area contributed by atoms with Crippen LogP contribution in [0.5, 0.6) is 0 Å². The van der Waals surface area contributed by atoms with Gasteiger partial charge in [0.1, 0.15) is 12.7 Å². The van der Waals surface area contributed by atoms with E-state index < -0.39 is 0 Å². The second-order valence-corrected chi connectivity index (χ2v) is 1.84. The van der Waals surface area contributed by atoms with Crippen molar-refractivity contribution in [2.24, 2.45) is 0 Å². The van der Waals surface area contributed by atoms with Crippen LogP contribution in [-0.2, 0) is 9.47 Å². The Kier molecular flexibility index (Phi) is 1.89. The first-order valence-corrected chi connectivity index (χ1v) is 2.76. The molecule has 4 heteroatoms. The maximum Gasteiger partial charge on any atom is 0.407 e. The number of alkyl carbamates (subject to hydrolysis) is 1. The zero-order valence-corrected chi connectivity index (χ0v) is 5.22. The van der Waals surface area contributed by atoms with E-state index in [2.05, 4.69) is 10.1 Å². The summed E-state index contributed by atoms with van der Waals surface area (Å²) < 4.78 is 9.51. The lowest BCUT2D eigenvalue weighted by Crippen LogP contribution is -2.42. The van der Waals surface area contributed by atoms with Crippen molar-refractivity contribution in [2.45, 2.75) is 6.10 Å². The number of amides is 1. The molecule has 1 heterocycles. The zero-order chi connectivity index (χ0) is 6.69. The van der Waals surface area contributed by atoms with Crippen molar-refractivity contribution >= 4 is 6.09 Å². The first-order valence-electron chi connectivity index (χ1n) is 2.76. The molecule has 52 valence electrons. The van der Waals surface area contributed by atoms with Gasteiger partial charge in [0, 0.05) is 7.11 Å². The van der Waals surface area contributed by atoms with Gasteiger partial charge in [0.25, 0.3) is 0 Å². The summed E-state index contributed by atoms with van der Waals surface area (Å²) in [7, 11) is 1.59. The average molecular weight is 131 g/mol. The van der Waals surface area contributed by atoms with Crippen LogP contribution in [0.15, 0.2) is 0 Å². The SMILES string of the molecule is CO[C@H]1CNC(=O)OC1. The molecule has 1 rings (SSSR count). The minimum absolute atomic E-state index is 0.0164. The average Bonchev–Trinajstić information content (AvgIpc) is 1.90. The van der Waals surface area contributed by atoms with Crippen molar-refractivity contribution in [3.05, 3.63) is 0 Å². The maximum absolute atomic E-state index is 10.3. The fourth-order valence-electron chi connectivity index (χ4n) is 0.627. The molecule has 0 saturated carbocycles. The predicted octanol–water partition coefficient (Wildman–Crippen LogP) is -0.259. The molecule has 1 amide bonds. The number of rotatable bonds is 1. The third-order valence-electron chi connectivity index (χ3n) is 1.21. The number of ether oxygens (including phenoxy) is 2. The Morgan fingerprint density at radius 3 is 3.11 bits per heavy atom. The van der Waals surface area contributed by atoms with Gasteiger partial charge in [-0.3, -0.25) is 0 Å². The van der Waals surface area contributed by atoms with E-state index in [1.807, 2.05) is 0 Å². The van der Waals surface area contributed by atoms with Gasteiger partial charge in [0.2, 0.25) is 0 Å². The van der Waals surface area contributed by atoms with Crippen LogP contribution >= 0.6 is 0 Å². The summed E-state index contributed by atoms with van der Waals surface area (Å²) in [6, 6.07) is 0. The van der Waals surface area contributed by atoms with Crippen molar-refractivity contribution in [1.29, 1.82) is 0 Å². The topological polar surface area (TPSA) is 47.6 Å². The Labute approximate surface area is 53.1 Å². The molecule has 0 spiro atoms. The number of hydrogen-bond acceptors (Lipinski definition) is 3. The minimum atomic E-state index is -0.358. The van der Waals surface area contributed by atoms with Crippen molar-refractivity contribution in [3.8, 4) is 0 Å². The van der Waals surface area contributed by atoms with E-state index >= 15 is 0 Å². The summed E-state index contributed by atoms with van der Waals surface area (Å²) in [6.45, 7) is 0.914. The number of carbonyl (C=O) groups is 1. The summed E-state index contributed by atoms with van der Waals surface area (Å²) >= 11 is 0. The molecule has 0 unspecified atom stereocenters. The molecule has 0 bridgehead atoms. The van der Waals surface area contributed by atoms with E-state index in [0.717, 1.165) is 0 Å². The van der Waals surface area contributed by atoms with Crippen LogP contribution in [0.2, 0.25) is 0 Å². The Morgan fingerprint density at radius 2 is 2.67 bits per heavy atom. The highest BCUT2D eigenvalue weighted by Crippen LogP contribution is 1.95. The molecule has 1 fully saturated rings. The standard InChI is InChI=1S/C5H9NO3/c1-8-4-2-6-5(7)9-3-4/h4H,2-3H2,1H3,(H,6,7)/t4-/m0/s1. The van der Waals surface area contributed by atoms with Crippen molar-refractivity contribution in [1.82, 2.24) is 5.32 Å². The van der Waals surface area contributed by atoms with E-state index in [1.54, 1.807) is 7.11 Å². The lowest BCUT2D eigenvalue weighted by molar-refractivity contribution is 0.0146. The van der Waals surface area contributed by atoms with Crippen LogP contribution in [0, 0.1) is 0 Å². The number of nitrogens with one attached hydrogen (secondary N) is 1. The van der Waals surface area contributed by atoms with E-state index in [-0.39, 0.29) is 12.2 Å². The molecule has 1 saturated heterocycles. The molecular weight excluding hydrogens is 122 g/mol. The Balaban J connectivity index is 2.26. The number of carbonyl (C=O) groups excluding carboxylic acids is 1. The molecule has 1 aliphatic heterocycles. The molecule has 0 aromatic heterocycles. The summed E-state index contributed by atoms with van der Waals surface area (Å²) in [4.78, 5) is 10.3. The lowest BCUT2D eigenvalue weighted by atomic mass is 10.3. The highest BCUT2D eigenvalue weighted by Gasteiger charge is 2.17. The molecule has 0 aromatic carbocycles. The summed E-state index contributed by atoms with van der Waals surface area (Å²) in [5, 5.41) is 2.50. The van der Waals surface area contributed by atoms with E-state index in [1.165, 1.54) is 0 Å². The summed E-state index contributed by atoms with van der Waals surface area (Å²) in [5.74, 6) is 0. The number of cyclic esters (lactones) is 1. The van der Waals surface area contributed by atoms with Gasteiger partial charge in [-0.05, 0) is 0 Å². The largest absolute Gasteiger partial charge is 0.447 e. The van der Waals surface area contributed by atoms with E-state index in [9.17, 15) is 4.79 Å². The second kappa shape index (κ2) is 2.68. The predicted molar refractivity (Wildman–Crippen MR) is 30.1 cm³/mol. The van der Waals surface area contributed by atoms with Crippen molar-refractivity contribution in [2.75, 3.05) is 20.3 Å². The van der Waals surface area contributed by atoms with Gasteiger partial charge in [-0.2, -0.15) is 0 Å². The second-order valence-electron chi connectivity index (χ2n) is 1.84. The normalized spacial score (nSPS) is 26.8. The van der Waals surface area contributed by atoms with Crippen LogP contribution in [0.4, 0.5) is 4.79 Å². The Hall–Kier alpha value is -0.770. The third-order valence-corrected chi connectivity index (χ3v) is 1.21. The van der Waals surface area contributed by atoms with Gasteiger partial charge >= 0.3 is 6.09 Å². The molecular formula is C5H9NO3. The van der Waals surface area contributed by atoms with E-state index in [4.69, 9.17) is 4.74 Å². The van der Waals surface area contributed by atoms with Gasteiger partial charge in [-0.15, -0.1) is 0 Å². The molecule has 9 heavy (non-hydrogen) atoms. The summed E-state index contributed by atoms with van der Waals surface area (Å²) in [6.07, 6.45) is -0.342. The quantitative estimate of drug-likeness (QED) is 0.533. The van der Waals surface area contributed by atoms with Crippen LogP contribution in [0.1, 0.15) is 0 Å². The smallest absolute Gasteiger partial charge is 0.407 e.